The Kier molecular flexibility index (Phi) is 4.07. The van der Waals surface area contributed by atoms with Crippen LogP contribution in [0.15, 0.2) is 18.2 Å². The second kappa shape index (κ2) is 5.14. The van der Waals surface area contributed by atoms with Crippen molar-refractivity contribution in [2.45, 2.75) is 32.2 Å². The minimum Gasteiger partial charge on any atom is -0.490 e. The molecule has 0 saturated heterocycles. The number of nitro benzene ring substituents is 1. The van der Waals surface area contributed by atoms with E-state index in [1.54, 1.807) is 6.07 Å². The molecule has 0 spiro atoms. The van der Waals surface area contributed by atoms with E-state index in [9.17, 15) is 10.1 Å². The van der Waals surface area contributed by atoms with Crippen molar-refractivity contribution in [3.05, 3.63) is 33.9 Å². The number of hydrogen-bond donors (Lipinski definition) is 1. The van der Waals surface area contributed by atoms with Gasteiger partial charge in [-0.2, -0.15) is 0 Å². The molecule has 0 aromatic heterocycles. The third kappa shape index (κ3) is 3.42. The molecule has 0 aliphatic heterocycles. The first-order chi connectivity index (χ1) is 7.89. The van der Waals surface area contributed by atoms with Crippen molar-refractivity contribution in [2.24, 2.45) is 5.73 Å². The Morgan fingerprint density at radius 2 is 2.18 bits per heavy atom. The molecule has 0 radical (unpaired) electrons. The lowest BCUT2D eigenvalue weighted by Crippen LogP contribution is -2.37. The van der Waals surface area contributed by atoms with Crippen molar-refractivity contribution in [1.29, 1.82) is 0 Å². The van der Waals surface area contributed by atoms with Gasteiger partial charge in [-0.05, 0) is 31.4 Å². The molecule has 2 N–H and O–H groups in total. The SMILES string of the molecule is CCC(C)(N)Cc1ccc(OC)c([N+](=O)[O-])c1. The fourth-order valence-electron chi connectivity index (χ4n) is 1.58. The highest BCUT2D eigenvalue weighted by Crippen LogP contribution is 2.28. The predicted molar refractivity (Wildman–Crippen MR) is 66.2 cm³/mol. The van der Waals surface area contributed by atoms with Gasteiger partial charge in [0.25, 0.3) is 0 Å². The molecular formula is C12H18N2O3. The molecule has 0 bridgehead atoms. The molecule has 0 fully saturated rings. The highest BCUT2D eigenvalue weighted by Gasteiger charge is 2.20. The molecule has 1 aromatic rings. The van der Waals surface area contributed by atoms with Crippen LogP contribution in [-0.4, -0.2) is 17.6 Å². The van der Waals surface area contributed by atoms with Gasteiger partial charge in [0.05, 0.1) is 12.0 Å². The number of nitro groups is 1. The Morgan fingerprint density at radius 1 is 1.53 bits per heavy atom. The summed E-state index contributed by atoms with van der Waals surface area (Å²) in [7, 11) is 1.42. The fourth-order valence-corrected chi connectivity index (χ4v) is 1.58. The van der Waals surface area contributed by atoms with Crippen LogP contribution in [0.3, 0.4) is 0 Å². The fraction of sp³-hybridized carbons (Fsp3) is 0.500. The summed E-state index contributed by atoms with van der Waals surface area (Å²) in [4.78, 5) is 10.4. The van der Waals surface area contributed by atoms with Gasteiger partial charge in [0.2, 0.25) is 0 Å². The van der Waals surface area contributed by atoms with Crippen molar-refractivity contribution in [3.8, 4) is 5.75 Å². The van der Waals surface area contributed by atoms with E-state index in [1.165, 1.54) is 13.2 Å². The number of hydrogen-bond acceptors (Lipinski definition) is 4. The van der Waals surface area contributed by atoms with Gasteiger partial charge in [0.15, 0.2) is 5.75 Å². The van der Waals surface area contributed by atoms with Crippen LogP contribution >= 0.6 is 0 Å². The lowest BCUT2D eigenvalue weighted by atomic mass is 9.91. The van der Waals surface area contributed by atoms with E-state index in [-0.39, 0.29) is 17.0 Å². The Bertz CT molecular complexity index is 416. The zero-order chi connectivity index (χ0) is 13.1. The van der Waals surface area contributed by atoms with Gasteiger partial charge in [0, 0.05) is 11.6 Å². The van der Waals surface area contributed by atoms with Crippen molar-refractivity contribution < 1.29 is 9.66 Å². The lowest BCUT2D eigenvalue weighted by Gasteiger charge is -2.22. The second-order valence-electron chi connectivity index (χ2n) is 4.45. The third-order valence-electron chi connectivity index (χ3n) is 2.86. The average Bonchev–Trinajstić information content (AvgIpc) is 2.28. The molecule has 0 aliphatic rings. The van der Waals surface area contributed by atoms with Gasteiger partial charge in [-0.15, -0.1) is 0 Å². The summed E-state index contributed by atoms with van der Waals surface area (Å²) < 4.78 is 4.95. The van der Waals surface area contributed by atoms with E-state index >= 15 is 0 Å². The average molecular weight is 238 g/mol. The maximum absolute atomic E-state index is 10.9. The molecule has 94 valence electrons. The van der Waals surface area contributed by atoms with Crippen LogP contribution in [0.1, 0.15) is 25.8 Å². The van der Waals surface area contributed by atoms with Crippen LogP contribution in [0.25, 0.3) is 0 Å². The maximum atomic E-state index is 10.9. The minimum absolute atomic E-state index is 0.0168. The molecule has 0 saturated carbocycles. The number of rotatable bonds is 5. The normalized spacial score (nSPS) is 14.1. The molecule has 17 heavy (non-hydrogen) atoms. The number of methoxy groups -OCH3 is 1. The molecule has 5 heteroatoms. The van der Waals surface area contributed by atoms with Gasteiger partial charge >= 0.3 is 5.69 Å². The van der Waals surface area contributed by atoms with E-state index < -0.39 is 4.92 Å². The Hall–Kier alpha value is -1.62. The molecule has 5 nitrogen and oxygen atoms in total. The van der Waals surface area contributed by atoms with Crippen LogP contribution in [0.2, 0.25) is 0 Å². The van der Waals surface area contributed by atoms with Crippen molar-refractivity contribution in [2.75, 3.05) is 7.11 Å². The van der Waals surface area contributed by atoms with Crippen LogP contribution in [0.5, 0.6) is 5.75 Å². The van der Waals surface area contributed by atoms with Gasteiger partial charge in [-0.3, -0.25) is 10.1 Å². The second-order valence-corrected chi connectivity index (χ2v) is 4.45. The van der Waals surface area contributed by atoms with Crippen LogP contribution in [0.4, 0.5) is 5.69 Å². The highest BCUT2D eigenvalue weighted by atomic mass is 16.6. The van der Waals surface area contributed by atoms with E-state index in [2.05, 4.69) is 0 Å². The minimum atomic E-state index is -0.442. The zero-order valence-electron chi connectivity index (χ0n) is 10.4. The van der Waals surface area contributed by atoms with Gasteiger partial charge in [-0.1, -0.05) is 13.0 Å². The lowest BCUT2D eigenvalue weighted by molar-refractivity contribution is -0.385. The van der Waals surface area contributed by atoms with Crippen molar-refractivity contribution >= 4 is 5.69 Å². The number of ether oxygens (including phenoxy) is 1. The third-order valence-corrected chi connectivity index (χ3v) is 2.86. The summed E-state index contributed by atoms with van der Waals surface area (Å²) in [5.74, 6) is 0.272. The van der Waals surface area contributed by atoms with Gasteiger partial charge in [-0.25, -0.2) is 0 Å². The van der Waals surface area contributed by atoms with E-state index in [0.29, 0.717) is 6.42 Å². The van der Waals surface area contributed by atoms with Crippen LogP contribution in [0, 0.1) is 10.1 Å². The predicted octanol–water partition coefficient (Wildman–Crippen LogP) is 2.27. The Morgan fingerprint density at radius 3 is 2.65 bits per heavy atom. The molecule has 1 unspecified atom stereocenters. The van der Waals surface area contributed by atoms with E-state index in [0.717, 1.165) is 12.0 Å². The zero-order valence-corrected chi connectivity index (χ0v) is 10.4. The molecule has 0 heterocycles. The van der Waals surface area contributed by atoms with Crippen LogP contribution in [-0.2, 0) is 6.42 Å². The van der Waals surface area contributed by atoms with Crippen LogP contribution < -0.4 is 10.5 Å². The summed E-state index contributed by atoms with van der Waals surface area (Å²) in [5, 5.41) is 10.9. The van der Waals surface area contributed by atoms with Gasteiger partial charge in [0.1, 0.15) is 0 Å². The van der Waals surface area contributed by atoms with Gasteiger partial charge < -0.3 is 10.5 Å². The van der Waals surface area contributed by atoms with Crippen molar-refractivity contribution in [1.82, 2.24) is 0 Å². The summed E-state index contributed by atoms with van der Waals surface area (Å²) in [5.41, 5.74) is 6.53. The largest absolute Gasteiger partial charge is 0.490 e. The summed E-state index contributed by atoms with van der Waals surface area (Å²) >= 11 is 0. The standard InChI is InChI=1S/C12H18N2O3/c1-4-12(2,13)8-9-5-6-11(17-3)10(7-9)14(15)16/h5-7H,4,8,13H2,1-3H3. The Balaban J connectivity index is 3.04. The topological polar surface area (TPSA) is 78.4 Å². The summed E-state index contributed by atoms with van der Waals surface area (Å²) in [6.45, 7) is 3.93. The maximum Gasteiger partial charge on any atom is 0.311 e. The molecule has 1 aromatic carbocycles. The smallest absolute Gasteiger partial charge is 0.311 e. The molecule has 0 amide bonds. The first-order valence-corrected chi connectivity index (χ1v) is 5.50. The molecule has 1 atom stereocenters. The number of benzene rings is 1. The summed E-state index contributed by atoms with van der Waals surface area (Å²) in [6.07, 6.45) is 1.42. The van der Waals surface area contributed by atoms with E-state index in [1.807, 2.05) is 19.9 Å². The number of nitrogens with two attached hydrogens (primary N) is 1. The number of nitrogens with zero attached hydrogens (tertiary/aromatic N) is 1. The Labute approximate surface area is 101 Å². The monoisotopic (exact) mass is 238 g/mol. The summed E-state index contributed by atoms with van der Waals surface area (Å²) in [6, 6.07) is 4.95. The quantitative estimate of drug-likeness (QED) is 0.630. The molecule has 1 rings (SSSR count). The molecular weight excluding hydrogens is 220 g/mol. The van der Waals surface area contributed by atoms with Crippen molar-refractivity contribution in [3.63, 3.8) is 0 Å². The molecule has 0 aliphatic carbocycles. The first kappa shape index (κ1) is 13.4. The highest BCUT2D eigenvalue weighted by molar-refractivity contribution is 5.48. The first-order valence-electron chi connectivity index (χ1n) is 5.50. The van der Waals surface area contributed by atoms with E-state index in [4.69, 9.17) is 10.5 Å².